The highest BCUT2D eigenvalue weighted by molar-refractivity contribution is 6.30. The Labute approximate surface area is 193 Å². The molecule has 2 amide bonds. The maximum absolute atomic E-state index is 12.7. The van der Waals surface area contributed by atoms with Gasteiger partial charge in [-0.25, -0.2) is 0 Å². The van der Waals surface area contributed by atoms with E-state index in [4.69, 9.17) is 16.3 Å². The van der Waals surface area contributed by atoms with Gasteiger partial charge in [0.2, 0.25) is 0 Å². The summed E-state index contributed by atoms with van der Waals surface area (Å²) in [7, 11) is 0. The number of esters is 1. The van der Waals surface area contributed by atoms with Crippen molar-refractivity contribution in [1.29, 1.82) is 0 Å². The second-order valence-corrected chi connectivity index (χ2v) is 8.16. The van der Waals surface area contributed by atoms with E-state index in [2.05, 4.69) is 5.32 Å². The van der Waals surface area contributed by atoms with Crippen LogP contribution in [0.5, 0.6) is 0 Å². The molecule has 10 heteroatoms. The van der Waals surface area contributed by atoms with Crippen LogP contribution in [-0.2, 0) is 20.5 Å². The van der Waals surface area contributed by atoms with E-state index in [0.29, 0.717) is 23.6 Å². The fraction of sp³-hybridized carbons (Fsp3) is 0.348. The molecule has 1 aliphatic heterocycles. The quantitative estimate of drug-likeness (QED) is 0.622. The first-order valence-electron chi connectivity index (χ1n) is 10.3. The lowest BCUT2D eigenvalue weighted by Crippen LogP contribution is -2.41. The van der Waals surface area contributed by atoms with E-state index in [1.54, 1.807) is 24.3 Å². The Morgan fingerprint density at radius 2 is 1.73 bits per heavy atom. The summed E-state index contributed by atoms with van der Waals surface area (Å²) in [6.45, 7) is 1.96. The zero-order chi connectivity index (χ0) is 24.2. The second-order valence-electron chi connectivity index (χ2n) is 7.72. The topological polar surface area (TPSA) is 75.7 Å². The molecule has 0 saturated carbocycles. The molecular weight excluding hydrogens is 461 g/mol. The van der Waals surface area contributed by atoms with Gasteiger partial charge in [0.15, 0.2) is 6.10 Å². The van der Waals surface area contributed by atoms with Crippen LogP contribution in [-0.4, -0.2) is 41.9 Å². The Kier molecular flexibility index (Phi) is 7.63. The first-order valence-corrected chi connectivity index (χ1v) is 10.7. The molecule has 0 spiro atoms. The molecule has 0 aliphatic carbocycles. The number of amides is 2. The van der Waals surface area contributed by atoms with Crippen LogP contribution in [0.4, 0.5) is 18.9 Å². The van der Waals surface area contributed by atoms with Gasteiger partial charge in [0.05, 0.1) is 11.5 Å². The molecule has 1 N–H and O–H groups in total. The highest BCUT2D eigenvalue weighted by Crippen LogP contribution is 2.29. The molecule has 1 saturated heterocycles. The van der Waals surface area contributed by atoms with E-state index < -0.39 is 41.5 Å². The summed E-state index contributed by atoms with van der Waals surface area (Å²) in [6, 6.07) is 10.6. The van der Waals surface area contributed by atoms with Crippen LogP contribution in [0.2, 0.25) is 5.02 Å². The predicted octanol–water partition coefficient (Wildman–Crippen LogP) is 4.78. The monoisotopic (exact) mass is 482 g/mol. The van der Waals surface area contributed by atoms with E-state index in [-0.39, 0.29) is 18.7 Å². The molecule has 6 nitrogen and oxygen atoms in total. The highest BCUT2D eigenvalue weighted by atomic mass is 35.5. The van der Waals surface area contributed by atoms with Crippen LogP contribution in [0.1, 0.15) is 35.7 Å². The number of likely N-dealkylation sites (tertiary alicyclic amines) is 1. The fourth-order valence-corrected chi connectivity index (χ4v) is 3.63. The highest BCUT2D eigenvalue weighted by Gasteiger charge is 2.32. The maximum Gasteiger partial charge on any atom is 0.416 e. The predicted molar refractivity (Wildman–Crippen MR) is 116 cm³/mol. The van der Waals surface area contributed by atoms with Crippen molar-refractivity contribution in [1.82, 2.24) is 4.90 Å². The van der Waals surface area contributed by atoms with Crippen LogP contribution in [0.15, 0.2) is 48.5 Å². The van der Waals surface area contributed by atoms with Crippen molar-refractivity contribution in [2.45, 2.75) is 32.0 Å². The summed E-state index contributed by atoms with van der Waals surface area (Å²) in [5, 5.41) is 3.07. The van der Waals surface area contributed by atoms with Crippen molar-refractivity contribution in [3.63, 3.8) is 0 Å². The molecule has 3 rings (SSSR count). The number of hydrogen-bond donors (Lipinski definition) is 1. The van der Waals surface area contributed by atoms with Crippen LogP contribution in [0.3, 0.4) is 0 Å². The SMILES string of the molecule is CC(OC(=O)C1CCN(C(=O)c2ccc(C(F)(F)F)cc2)CC1)C(=O)Nc1cccc(Cl)c1. The Morgan fingerprint density at radius 3 is 2.30 bits per heavy atom. The Morgan fingerprint density at radius 1 is 1.09 bits per heavy atom. The van der Waals surface area contributed by atoms with Crippen molar-refractivity contribution in [2.24, 2.45) is 5.92 Å². The Hall–Kier alpha value is -3.07. The molecule has 0 radical (unpaired) electrons. The number of carbonyl (C=O) groups is 3. The third kappa shape index (κ3) is 6.47. The summed E-state index contributed by atoms with van der Waals surface area (Å²) in [6.07, 6.45) is -4.84. The Bertz CT molecular complexity index is 1020. The van der Waals surface area contributed by atoms with Gasteiger partial charge in [-0.15, -0.1) is 0 Å². The molecule has 0 bridgehead atoms. The van der Waals surface area contributed by atoms with Gasteiger partial charge in [0, 0.05) is 29.4 Å². The lowest BCUT2D eigenvalue weighted by Gasteiger charge is -2.31. The van der Waals surface area contributed by atoms with Crippen molar-refractivity contribution in [3.8, 4) is 0 Å². The Balaban J connectivity index is 1.49. The lowest BCUT2D eigenvalue weighted by molar-refractivity contribution is -0.158. The number of halogens is 4. The number of anilines is 1. The van der Waals surface area contributed by atoms with Gasteiger partial charge in [-0.1, -0.05) is 17.7 Å². The molecule has 1 fully saturated rings. The van der Waals surface area contributed by atoms with Gasteiger partial charge in [0.1, 0.15) is 0 Å². The third-order valence-corrected chi connectivity index (χ3v) is 5.56. The first-order chi connectivity index (χ1) is 15.5. The van der Waals surface area contributed by atoms with E-state index in [0.717, 1.165) is 24.3 Å². The standard InChI is InChI=1S/C23H22ClF3N2O4/c1-14(20(30)28-19-4-2-3-18(24)13-19)33-22(32)16-9-11-29(12-10-16)21(31)15-5-7-17(8-6-15)23(25,26)27/h2-8,13-14,16H,9-12H2,1H3,(H,28,30). The molecule has 1 aliphatic rings. The van der Waals surface area contributed by atoms with E-state index >= 15 is 0 Å². The normalized spacial score (nSPS) is 15.6. The van der Waals surface area contributed by atoms with Crippen molar-refractivity contribution < 1.29 is 32.3 Å². The van der Waals surface area contributed by atoms with E-state index in [9.17, 15) is 27.6 Å². The van der Waals surface area contributed by atoms with Crippen molar-refractivity contribution in [3.05, 3.63) is 64.7 Å². The number of carbonyl (C=O) groups excluding carboxylic acids is 3. The van der Waals surface area contributed by atoms with Crippen LogP contribution < -0.4 is 5.32 Å². The molecule has 1 heterocycles. The molecule has 0 aromatic heterocycles. The summed E-state index contributed by atoms with van der Waals surface area (Å²) < 4.78 is 43.4. The molecule has 176 valence electrons. The maximum atomic E-state index is 12.7. The van der Waals surface area contributed by atoms with Gasteiger partial charge in [-0.2, -0.15) is 13.2 Å². The molecular formula is C23H22ClF3N2O4. The number of benzene rings is 2. The van der Waals surface area contributed by atoms with Crippen molar-refractivity contribution >= 4 is 35.1 Å². The number of ether oxygens (including phenoxy) is 1. The van der Waals surface area contributed by atoms with Crippen LogP contribution in [0, 0.1) is 5.92 Å². The van der Waals surface area contributed by atoms with Gasteiger partial charge >= 0.3 is 12.1 Å². The molecule has 2 aromatic carbocycles. The minimum Gasteiger partial charge on any atom is -0.452 e. The van der Waals surface area contributed by atoms with Gasteiger partial charge < -0.3 is 15.0 Å². The molecule has 2 aromatic rings. The van der Waals surface area contributed by atoms with Crippen LogP contribution >= 0.6 is 11.6 Å². The summed E-state index contributed by atoms with van der Waals surface area (Å²) in [5.74, 6) is -1.92. The van der Waals surface area contributed by atoms with Gasteiger partial charge in [-0.3, -0.25) is 14.4 Å². The molecule has 1 atom stereocenters. The van der Waals surface area contributed by atoms with E-state index in [1.807, 2.05) is 0 Å². The largest absolute Gasteiger partial charge is 0.452 e. The second kappa shape index (κ2) is 10.2. The zero-order valence-corrected chi connectivity index (χ0v) is 18.4. The number of nitrogens with one attached hydrogen (secondary N) is 1. The minimum absolute atomic E-state index is 0.148. The lowest BCUT2D eigenvalue weighted by atomic mass is 9.96. The molecule has 33 heavy (non-hydrogen) atoms. The first kappa shape index (κ1) is 24.6. The van der Waals surface area contributed by atoms with E-state index in [1.165, 1.54) is 11.8 Å². The summed E-state index contributed by atoms with van der Waals surface area (Å²) in [5.41, 5.74) is -0.199. The smallest absolute Gasteiger partial charge is 0.416 e. The third-order valence-electron chi connectivity index (χ3n) is 5.33. The van der Waals surface area contributed by atoms with Gasteiger partial charge in [-0.05, 0) is 62.2 Å². The van der Waals surface area contributed by atoms with Crippen LogP contribution in [0.25, 0.3) is 0 Å². The number of piperidine rings is 1. The number of alkyl halides is 3. The number of rotatable bonds is 5. The van der Waals surface area contributed by atoms with Crippen molar-refractivity contribution in [2.75, 3.05) is 18.4 Å². The van der Waals surface area contributed by atoms with Gasteiger partial charge in [0.25, 0.3) is 11.8 Å². The minimum atomic E-state index is -4.47. The number of nitrogens with zero attached hydrogens (tertiary/aromatic N) is 1. The number of hydrogen-bond acceptors (Lipinski definition) is 4. The summed E-state index contributed by atoms with van der Waals surface area (Å²) >= 11 is 5.88. The molecule has 1 unspecified atom stereocenters. The zero-order valence-electron chi connectivity index (χ0n) is 17.7. The average Bonchev–Trinajstić information content (AvgIpc) is 2.78. The summed E-state index contributed by atoms with van der Waals surface area (Å²) in [4.78, 5) is 38.8. The average molecular weight is 483 g/mol. The fourth-order valence-electron chi connectivity index (χ4n) is 3.44.